The van der Waals surface area contributed by atoms with Gasteiger partial charge in [0.2, 0.25) is 0 Å². The normalized spacial score (nSPS) is 10.6. The van der Waals surface area contributed by atoms with Gasteiger partial charge in [0.25, 0.3) is 0 Å². The molecule has 0 bridgehead atoms. The zero-order valence-electron chi connectivity index (χ0n) is 11.5. The third-order valence-corrected chi connectivity index (χ3v) is 3.10. The van der Waals surface area contributed by atoms with E-state index in [1.165, 1.54) is 0 Å². The number of rotatable bonds is 6. The van der Waals surface area contributed by atoms with Gasteiger partial charge in [-0.2, -0.15) is 5.10 Å². The first kappa shape index (κ1) is 13.5. The van der Waals surface area contributed by atoms with Crippen LogP contribution in [0, 0.1) is 0 Å². The van der Waals surface area contributed by atoms with Gasteiger partial charge in [-0.3, -0.25) is 14.5 Å². The lowest BCUT2D eigenvalue weighted by molar-refractivity contribution is -0.117. The minimum absolute atomic E-state index is 0.212. The fourth-order valence-electron chi connectivity index (χ4n) is 2.10. The Balaban J connectivity index is 2.04. The van der Waals surface area contributed by atoms with E-state index in [0.717, 1.165) is 29.9 Å². The van der Waals surface area contributed by atoms with Crippen LogP contribution in [0.15, 0.2) is 30.6 Å². The summed E-state index contributed by atoms with van der Waals surface area (Å²) in [5, 5.41) is 4.46. The summed E-state index contributed by atoms with van der Waals surface area (Å²) in [5.74, 6) is 0.212. The van der Waals surface area contributed by atoms with E-state index in [4.69, 9.17) is 0 Å². The molecule has 0 spiro atoms. The zero-order valence-corrected chi connectivity index (χ0v) is 11.5. The Morgan fingerprint density at radius 1 is 1.21 bits per heavy atom. The average Bonchev–Trinajstić information content (AvgIpc) is 2.82. The van der Waals surface area contributed by atoms with Crippen molar-refractivity contribution < 1.29 is 4.79 Å². The quantitative estimate of drug-likeness (QED) is 0.797. The van der Waals surface area contributed by atoms with Crippen LogP contribution in [0.5, 0.6) is 0 Å². The molecule has 0 amide bonds. The Morgan fingerprint density at radius 2 is 1.95 bits per heavy atom. The molecule has 0 aliphatic heterocycles. The predicted molar refractivity (Wildman–Crippen MR) is 73.9 cm³/mol. The van der Waals surface area contributed by atoms with Crippen molar-refractivity contribution >= 4 is 5.78 Å². The highest BCUT2D eigenvalue weighted by Gasteiger charge is 2.11. The Morgan fingerprint density at radius 3 is 2.58 bits per heavy atom. The molecule has 0 saturated heterocycles. The van der Waals surface area contributed by atoms with Crippen LogP contribution in [0.1, 0.15) is 30.8 Å². The number of hydrogen-bond donors (Lipinski definition) is 0. The van der Waals surface area contributed by atoms with Gasteiger partial charge < -0.3 is 0 Å². The molecule has 0 radical (unpaired) electrons. The van der Waals surface area contributed by atoms with Crippen molar-refractivity contribution in [3.8, 4) is 0 Å². The molecule has 0 fully saturated rings. The molecule has 2 rings (SSSR count). The monoisotopic (exact) mass is 257 g/mol. The molecule has 0 aromatic carbocycles. The number of nitrogens with zero attached hydrogens (tertiary/aromatic N) is 3. The first-order valence-corrected chi connectivity index (χ1v) is 6.69. The lowest BCUT2D eigenvalue weighted by atomic mass is 10.1. The second kappa shape index (κ2) is 6.27. The summed E-state index contributed by atoms with van der Waals surface area (Å²) in [7, 11) is 0. The maximum Gasteiger partial charge on any atom is 0.143 e. The van der Waals surface area contributed by atoms with Crippen LogP contribution >= 0.6 is 0 Å². The van der Waals surface area contributed by atoms with Crippen LogP contribution in [-0.2, 0) is 30.6 Å². The third kappa shape index (κ3) is 3.50. The van der Waals surface area contributed by atoms with Crippen molar-refractivity contribution in [2.24, 2.45) is 0 Å². The number of aryl methyl sites for hydroxylation is 2. The van der Waals surface area contributed by atoms with Crippen molar-refractivity contribution in [2.45, 2.75) is 39.7 Å². The van der Waals surface area contributed by atoms with Crippen LogP contribution in [0.25, 0.3) is 0 Å². The predicted octanol–water partition coefficient (Wildman–Crippen LogP) is 2.21. The van der Waals surface area contributed by atoms with E-state index in [0.29, 0.717) is 12.8 Å². The topological polar surface area (TPSA) is 47.8 Å². The maximum absolute atomic E-state index is 12.1. The Bertz CT molecular complexity index is 546. The molecule has 2 heterocycles. The number of aromatic nitrogens is 3. The van der Waals surface area contributed by atoms with Gasteiger partial charge in [0, 0.05) is 37.5 Å². The molecule has 100 valence electrons. The van der Waals surface area contributed by atoms with Crippen LogP contribution < -0.4 is 0 Å². The Labute approximate surface area is 113 Å². The van der Waals surface area contributed by atoms with E-state index < -0.39 is 0 Å². The van der Waals surface area contributed by atoms with Gasteiger partial charge in [-0.05, 0) is 37.1 Å². The van der Waals surface area contributed by atoms with Crippen LogP contribution in [0.2, 0.25) is 0 Å². The summed E-state index contributed by atoms with van der Waals surface area (Å²) in [6.07, 6.45) is 5.24. The SMILES string of the molecule is CCc1cc(CC(=O)Cc2ccncc2)n(CC)n1. The zero-order chi connectivity index (χ0) is 13.7. The fraction of sp³-hybridized carbons (Fsp3) is 0.400. The molecule has 0 aliphatic rings. The molecule has 2 aromatic rings. The highest BCUT2D eigenvalue weighted by molar-refractivity contribution is 5.82. The van der Waals surface area contributed by atoms with Crippen LogP contribution in [0.3, 0.4) is 0 Å². The standard InChI is InChI=1S/C15H19N3O/c1-3-13-10-14(18(4-2)17-13)11-15(19)9-12-5-7-16-8-6-12/h5-8,10H,3-4,9,11H2,1-2H3. The molecule has 0 aliphatic carbocycles. The first-order chi connectivity index (χ1) is 9.22. The van der Waals surface area contributed by atoms with Crippen molar-refractivity contribution in [2.75, 3.05) is 0 Å². The highest BCUT2D eigenvalue weighted by atomic mass is 16.1. The number of carbonyl (C=O) groups excluding carboxylic acids is 1. The van der Waals surface area contributed by atoms with Gasteiger partial charge in [-0.25, -0.2) is 0 Å². The largest absolute Gasteiger partial charge is 0.299 e. The molecule has 2 aromatic heterocycles. The summed E-state index contributed by atoms with van der Waals surface area (Å²) in [6, 6.07) is 5.80. The summed E-state index contributed by atoms with van der Waals surface area (Å²) >= 11 is 0. The third-order valence-electron chi connectivity index (χ3n) is 3.10. The first-order valence-electron chi connectivity index (χ1n) is 6.69. The van der Waals surface area contributed by atoms with E-state index in [9.17, 15) is 4.79 Å². The summed E-state index contributed by atoms with van der Waals surface area (Å²) < 4.78 is 1.92. The Hall–Kier alpha value is -1.97. The minimum atomic E-state index is 0.212. The van der Waals surface area contributed by atoms with Gasteiger partial charge in [0.05, 0.1) is 5.69 Å². The lowest BCUT2D eigenvalue weighted by Gasteiger charge is -2.04. The van der Waals surface area contributed by atoms with Gasteiger partial charge in [0.15, 0.2) is 0 Å². The highest BCUT2D eigenvalue weighted by Crippen LogP contribution is 2.09. The van der Waals surface area contributed by atoms with Gasteiger partial charge in [-0.1, -0.05) is 6.92 Å². The molecule has 4 nitrogen and oxygen atoms in total. The van der Waals surface area contributed by atoms with Gasteiger partial charge >= 0.3 is 0 Å². The van der Waals surface area contributed by atoms with Crippen molar-refractivity contribution in [1.82, 2.24) is 14.8 Å². The summed E-state index contributed by atoms with van der Waals surface area (Å²) in [6.45, 7) is 4.92. The van der Waals surface area contributed by atoms with Crippen LogP contribution in [-0.4, -0.2) is 20.5 Å². The molecule has 0 N–H and O–H groups in total. The fourth-order valence-corrected chi connectivity index (χ4v) is 2.10. The lowest BCUT2D eigenvalue weighted by Crippen LogP contribution is -2.11. The molecule has 0 atom stereocenters. The Kier molecular flexibility index (Phi) is 4.44. The van der Waals surface area contributed by atoms with E-state index in [1.54, 1.807) is 12.4 Å². The number of hydrogen-bond acceptors (Lipinski definition) is 3. The number of pyridine rings is 1. The van der Waals surface area contributed by atoms with Crippen LogP contribution in [0.4, 0.5) is 0 Å². The second-order valence-corrected chi connectivity index (χ2v) is 4.54. The average molecular weight is 257 g/mol. The number of ketones is 1. The van der Waals surface area contributed by atoms with Gasteiger partial charge in [0.1, 0.15) is 5.78 Å². The van der Waals surface area contributed by atoms with E-state index >= 15 is 0 Å². The molecule has 0 unspecified atom stereocenters. The summed E-state index contributed by atoms with van der Waals surface area (Å²) in [5.41, 5.74) is 3.07. The van der Waals surface area contributed by atoms with E-state index in [2.05, 4.69) is 17.0 Å². The van der Waals surface area contributed by atoms with Gasteiger partial charge in [-0.15, -0.1) is 0 Å². The van der Waals surface area contributed by atoms with E-state index in [1.807, 2.05) is 29.8 Å². The molecular formula is C15H19N3O. The van der Waals surface area contributed by atoms with E-state index in [-0.39, 0.29) is 5.78 Å². The smallest absolute Gasteiger partial charge is 0.143 e. The molecule has 4 heteroatoms. The maximum atomic E-state index is 12.1. The minimum Gasteiger partial charge on any atom is -0.299 e. The molecule has 0 saturated carbocycles. The van der Waals surface area contributed by atoms with Crippen molar-refractivity contribution in [1.29, 1.82) is 0 Å². The van der Waals surface area contributed by atoms with Crippen molar-refractivity contribution in [3.63, 3.8) is 0 Å². The number of carbonyl (C=O) groups is 1. The second-order valence-electron chi connectivity index (χ2n) is 4.54. The molecular weight excluding hydrogens is 238 g/mol. The van der Waals surface area contributed by atoms with Crippen molar-refractivity contribution in [3.05, 3.63) is 47.5 Å². The molecule has 19 heavy (non-hydrogen) atoms. The summed E-state index contributed by atoms with van der Waals surface area (Å²) in [4.78, 5) is 16.0. The number of Topliss-reactive ketones (excluding diaryl/α,β-unsaturated/α-hetero) is 1.